The zero-order valence-corrected chi connectivity index (χ0v) is 12.1. The van der Waals surface area contributed by atoms with Crippen LogP contribution in [0.4, 0.5) is 8.78 Å². The first-order chi connectivity index (χ1) is 10.1. The largest absolute Gasteiger partial charge is 0.496 e. The van der Waals surface area contributed by atoms with E-state index in [1.165, 1.54) is 32.4 Å². The summed E-state index contributed by atoms with van der Waals surface area (Å²) in [6.45, 7) is 0. The monoisotopic (exact) mass is 293 g/mol. The number of rotatable bonds is 5. The van der Waals surface area contributed by atoms with Crippen molar-refractivity contribution in [2.45, 2.75) is 6.04 Å². The summed E-state index contributed by atoms with van der Waals surface area (Å²) in [5, 5.41) is 2.99. The van der Waals surface area contributed by atoms with Gasteiger partial charge in [-0.25, -0.2) is 8.78 Å². The van der Waals surface area contributed by atoms with Crippen molar-refractivity contribution in [1.29, 1.82) is 0 Å². The van der Waals surface area contributed by atoms with Gasteiger partial charge in [0.05, 0.1) is 25.8 Å². The smallest absolute Gasteiger partial charge is 0.165 e. The molecular formula is C16H17F2NO2. The summed E-state index contributed by atoms with van der Waals surface area (Å²) in [6, 6.07) is 8.59. The van der Waals surface area contributed by atoms with Crippen LogP contribution in [0.3, 0.4) is 0 Å². The molecule has 1 atom stereocenters. The third-order valence-electron chi connectivity index (χ3n) is 3.32. The summed E-state index contributed by atoms with van der Waals surface area (Å²) in [6.07, 6.45) is 0. The molecule has 2 rings (SSSR count). The van der Waals surface area contributed by atoms with E-state index in [2.05, 4.69) is 5.32 Å². The molecule has 21 heavy (non-hydrogen) atoms. The molecule has 2 aromatic carbocycles. The van der Waals surface area contributed by atoms with Crippen molar-refractivity contribution < 1.29 is 18.3 Å². The maximum atomic E-state index is 14.2. The average Bonchev–Trinajstić information content (AvgIpc) is 2.49. The van der Waals surface area contributed by atoms with Gasteiger partial charge in [-0.05, 0) is 36.9 Å². The highest BCUT2D eigenvalue weighted by atomic mass is 19.1. The van der Waals surface area contributed by atoms with Gasteiger partial charge in [0.15, 0.2) is 11.6 Å². The third-order valence-corrected chi connectivity index (χ3v) is 3.32. The number of halogens is 2. The highest BCUT2D eigenvalue weighted by Crippen LogP contribution is 2.33. The predicted molar refractivity (Wildman–Crippen MR) is 76.8 cm³/mol. The van der Waals surface area contributed by atoms with Crippen LogP contribution in [0.2, 0.25) is 0 Å². The van der Waals surface area contributed by atoms with Gasteiger partial charge in [-0.15, -0.1) is 0 Å². The maximum Gasteiger partial charge on any atom is 0.165 e. The Morgan fingerprint density at radius 1 is 0.952 bits per heavy atom. The van der Waals surface area contributed by atoms with E-state index in [1.807, 2.05) is 0 Å². The number of nitrogens with one attached hydrogen (secondary N) is 1. The first kappa shape index (κ1) is 15.3. The van der Waals surface area contributed by atoms with E-state index in [0.717, 1.165) is 0 Å². The van der Waals surface area contributed by atoms with Crippen molar-refractivity contribution >= 4 is 0 Å². The molecule has 0 fully saturated rings. The van der Waals surface area contributed by atoms with E-state index in [4.69, 9.17) is 9.47 Å². The lowest BCUT2D eigenvalue weighted by atomic mass is 9.97. The topological polar surface area (TPSA) is 30.5 Å². The fourth-order valence-corrected chi connectivity index (χ4v) is 2.32. The van der Waals surface area contributed by atoms with Gasteiger partial charge in [-0.2, -0.15) is 0 Å². The number of methoxy groups -OCH3 is 2. The van der Waals surface area contributed by atoms with Crippen molar-refractivity contribution in [2.24, 2.45) is 0 Å². The third kappa shape index (κ3) is 2.97. The zero-order chi connectivity index (χ0) is 15.4. The van der Waals surface area contributed by atoms with Gasteiger partial charge >= 0.3 is 0 Å². The Kier molecular flexibility index (Phi) is 4.75. The minimum absolute atomic E-state index is 0.147. The van der Waals surface area contributed by atoms with Crippen LogP contribution < -0.4 is 14.8 Å². The van der Waals surface area contributed by atoms with E-state index >= 15 is 0 Å². The van der Waals surface area contributed by atoms with Crippen LogP contribution in [0, 0.1) is 11.6 Å². The second kappa shape index (κ2) is 6.54. The summed E-state index contributed by atoms with van der Waals surface area (Å²) in [5.41, 5.74) is 0.922. The fraction of sp³-hybridized carbons (Fsp3) is 0.250. The van der Waals surface area contributed by atoms with Gasteiger partial charge in [0.1, 0.15) is 11.6 Å². The van der Waals surface area contributed by atoms with Crippen molar-refractivity contribution in [3.05, 3.63) is 59.2 Å². The second-order valence-electron chi connectivity index (χ2n) is 4.47. The van der Waals surface area contributed by atoms with Crippen LogP contribution in [-0.4, -0.2) is 21.3 Å². The van der Waals surface area contributed by atoms with Gasteiger partial charge in [-0.3, -0.25) is 0 Å². The molecule has 0 aliphatic heterocycles. The number of hydrogen-bond acceptors (Lipinski definition) is 3. The minimum Gasteiger partial charge on any atom is -0.496 e. The Bertz CT molecular complexity index is 632. The molecule has 2 aromatic rings. The molecule has 0 saturated carbocycles. The average molecular weight is 293 g/mol. The van der Waals surface area contributed by atoms with E-state index in [9.17, 15) is 8.78 Å². The van der Waals surface area contributed by atoms with Crippen molar-refractivity contribution in [1.82, 2.24) is 5.32 Å². The highest BCUT2D eigenvalue weighted by Gasteiger charge is 2.21. The highest BCUT2D eigenvalue weighted by molar-refractivity contribution is 5.44. The van der Waals surface area contributed by atoms with Crippen LogP contribution >= 0.6 is 0 Å². The Morgan fingerprint density at radius 3 is 2.24 bits per heavy atom. The Hall–Kier alpha value is -2.14. The molecule has 0 bridgehead atoms. The van der Waals surface area contributed by atoms with Crippen molar-refractivity contribution in [3.63, 3.8) is 0 Å². The molecule has 5 heteroatoms. The summed E-state index contributed by atoms with van der Waals surface area (Å²) in [7, 11) is 4.55. The van der Waals surface area contributed by atoms with Gasteiger partial charge in [-0.1, -0.05) is 12.1 Å². The summed E-state index contributed by atoms with van der Waals surface area (Å²) in [4.78, 5) is 0. The molecular weight excluding hydrogens is 276 g/mol. The molecule has 0 heterocycles. The van der Waals surface area contributed by atoms with Crippen molar-refractivity contribution in [2.75, 3.05) is 21.3 Å². The SMILES string of the molecule is CNC(c1ccc(OC)c(F)c1)c1c(F)cccc1OC. The van der Waals surface area contributed by atoms with E-state index in [-0.39, 0.29) is 5.75 Å². The zero-order valence-electron chi connectivity index (χ0n) is 12.1. The molecule has 0 aliphatic carbocycles. The van der Waals surface area contributed by atoms with Crippen LogP contribution in [0.25, 0.3) is 0 Å². The molecule has 0 aromatic heterocycles. The quantitative estimate of drug-likeness (QED) is 0.917. The normalized spacial score (nSPS) is 12.0. The van der Waals surface area contributed by atoms with Crippen molar-refractivity contribution in [3.8, 4) is 11.5 Å². The molecule has 1 unspecified atom stereocenters. The lowest BCUT2D eigenvalue weighted by Crippen LogP contribution is -2.20. The number of ether oxygens (including phenoxy) is 2. The lowest BCUT2D eigenvalue weighted by Gasteiger charge is -2.21. The molecule has 3 nitrogen and oxygen atoms in total. The lowest BCUT2D eigenvalue weighted by molar-refractivity contribution is 0.385. The predicted octanol–water partition coefficient (Wildman–Crippen LogP) is 3.29. The molecule has 112 valence electrons. The molecule has 0 spiro atoms. The van der Waals surface area contributed by atoms with Crippen LogP contribution in [0.1, 0.15) is 17.2 Å². The van der Waals surface area contributed by atoms with E-state index in [1.54, 1.807) is 25.2 Å². The minimum atomic E-state index is -0.526. The van der Waals surface area contributed by atoms with Gasteiger partial charge in [0.2, 0.25) is 0 Å². The van der Waals surface area contributed by atoms with Gasteiger partial charge in [0.25, 0.3) is 0 Å². The van der Waals surface area contributed by atoms with Crippen LogP contribution in [0.5, 0.6) is 11.5 Å². The van der Waals surface area contributed by atoms with Gasteiger partial charge in [0, 0.05) is 0 Å². The van der Waals surface area contributed by atoms with Crippen LogP contribution in [0.15, 0.2) is 36.4 Å². The Morgan fingerprint density at radius 2 is 1.67 bits per heavy atom. The molecule has 1 N–H and O–H groups in total. The fourth-order valence-electron chi connectivity index (χ4n) is 2.32. The standard InChI is InChI=1S/C16H17F2NO2/c1-19-16(10-7-8-13(20-2)12(18)9-10)15-11(17)5-4-6-14(15)21-3/h4-9,16,19H,1-3H3. The molecule has 0 aliphatic rings. The number of hydrogen-bond donors (Lipinski definition) is 1. The summed E-state index contributed by atoms with van der Waals surface area (Å²) >= 11 is 0. The first-order valence-electron chi connectivity index (χ1n) is 6.45. The van der Waals surface area contributed by atoms with Gasteiger partial charge < -0.3 is 14.8 Å². The molecule has 0 radical (unpaired) electrons. The second-order valence-corrected chi connectivity index (χ2v) is 4.47. The molecule has 0 amide bonds. The first-order valence-corrected chi connectivity index (χ1v) is 6.45. The number of benzene rings is 2. The summed E-state index contributed by atoms with van der Waals surface area (Å²) < 4.78 is 38.1. The van der Waals surface area contributed by atoms with E-state index < -0.39 is 17.7 Å². The Balaban J connectivity index is 2.52. The van der Waals surface area contributed by atoms with Crippen LogP contribution in [-0.2, 0) is 0 Å². The molecule has 0 saturated heterocycles. The Labute approximate surface area is 122 Å². The summed E-state index contributed by atoms with van der Waals surface area (Å²) in [5.74, 6) is -0.352. The maximum absolute atomic E-state index is 14.2. The van der Waals surface area contributed by atoms with E-state index in [0.29, 0.717) is 16.9 Å².